The number of anilines is 1. The molecule has 2 aromatic rings. The molecule has 18 heavy (non-hydrogen) atoms. The summed E-state index contributed by atoms with van der Waals surface area (Å²) in [6.07, 6.45) is 0. The van der Waals surface area contributed by atoms with Crippen LogP contribution in [0.3, 0.4) is 0 Å². The Balaban J connectivity index is 2.22. The van der Waals surface area contributed by atoms with Gasteiger partial charge in [0.1, 0.15) is 4.99 Å². The number of aryl methyl sites for hydroxylation is 1. The van der Waals surface area contributed by atoms with Gasteiger partial charge in [0.15, 0.2) is 0 Å². The van der Waals surface area contributed by atoms with Crippen LogP contribution in [0.15, 0.2) is 29.6 Å². The highest BCUT2D eigenvalue weighted by Gasteiger charge is 2.09. The van der Waals surface area contributed by atoms with Gasteiger partial charge in [0, 0.05) is 17.1 Å². The summed E-state index contributed by atoms with van der Waals surface area (Å²) in [5.74, 6) is 0. The van der Waals surface area contributed by atoms with Gasteiger partial charge in [0.25, 0.3) is 0 Å². The monoisotopic (exact) mass is 296 g/mol. The number of benzene rings is 1. The highest BCUT2D eigenvalue weighted by molar-refractivity contribution is 7.80. The van der Waals surface area contributed by atoms with Crippen LogP contribution < -0.4 is 11.1 Å². The first kappa shape index (κ1) is 13.3. The van der Waals surface area contributed by atoms with Crippen LogP contribution in [0.4, 0.5) is 5.69 Å². The Labute approximate surface area is 121 Å². The van der Waals surface area contributed by atoms with Crippen LogP contribution in [0.2, 0.25) is 5.02 Å². The smallest absolute Gasteiger partial charge is 0.107 e. The molecular formula is C13H13ClN2S2. The Hall–Kier alpha value is -1.10. The number of halogens is 1. The fraction of sp³-hybridized carbons (Fsp3) is 0.154. The molecule has 1 heterocycles. The van der Waals surface area contributed by atoms with E-state index in [0.717, 1.165) is 12.2 Å². The van der Waals surface area contributed by atoms with Gasteiger partial charge < -0.3 is 11.1 Å². The molecule has 0 saturated carbocycles. The largest absolute Gasteiger partial charge is 0.389 e. The molecule has 1 aromatic heterocycles. The van der Waals surface area contributed by atoms with Crippen LogP contribution in [0.5, 0.6) is 0 Å². The van der Waals surface area contributed by atoms with Crippen molar-refractivity contribution in [1.29, 1.82) is 0 Å². The van der Waals surface area contributed by atoms with E-state index in [1.54, 1.807) is 17.4 Å². The van der Waals surface area contributed by atoms with Gasteiger partial charge in [-0.1, -0.05) is 29.9 Å². The van der Waals surface area contributed by atoms with Crippen molar-refractivity contribution in [2.75, 3.05) is 5.32 Å². The number of rotatable bonds is 4. The van der Waals surface area contributed by atoms with E-state index in [-0.39, 0.29) is 0 Å². The van der Waals surface area contributed by atoms with Crippen molar-refractivity contribution in [1.82, 2.24) is 0 Å². The lowest BCUT2D eigenvalue weighted by Gasteiger charge is -2.12. The second-order valence-corrected chi connectivity index (χ2v) is 5.75. The normalized spacial score (nSPS) is 10.3. The van der Waals surface area contributed by atoms with E-state index in [1.807, 2.05) is 12.1 Å². The second-order valence-electron chi connectivity index (χ2n) is 3.91. The summed E-state index contributed by atoms with van der Waals surface area (Å²) >= 11 is 12.9. The highest BCUT2D eigenvalue weighted by Crippen LogP contribution is 2.25. The van der Waals surface area contributed by atoms with Crippen molar-refractivity contribution in [3.8, 4) is 0 Å². The maximum Gasteiger partial charge on any atom is 0.107 e. The molecule has 2 rings (SSSR count). The molecule has 0 bridgehead atoms. The molecule has 0 atom stereocenters. The average molecular weight is 297 g/mol. The van der Waals surface area contributed by atoms with Crippen LogP contribution in [0, 0.1) is 6.92 Å². The molecule has 0 radical (unpaired) electrons. The van der Waals surface area contributed by atoms with Crippen molar-refractivity contribution in [2.45, 2.75) is 13.5 Å². The van der Waals surface area contributed by atoms with E-state index in [2.05, 4.69) is 23.7 Å². The quantitative estimate of drug-likeness (QED) is 0.839. The Morgan fingerprint density at radius 3 is 2.83 bits per heavy atom. The molecule has 94 valence electrons. The first-order valence-corrected chi connectivity index (χ1v) is 7.11. The summed E-state index contributed by atoms with van der Waals surface area (Å²) in [5, 5.41) is 6.00. The Morgan fingerprint density at radius 1 is 1.44 bits per heavy atom. The maximum absolute atomic E-state index is 6.11. The predicted octanol–water partition coefficient (Wildman–Crippen LogP) is 3.96. The summed E-state index contributed by atoms with van der Waals surface area (Å²) in [7, 11) is 0. The second kappa shape index (κ2) is 5.69. The molecule has 2 nitrogen and oxygen atoms in total. The van der Waals surface area contributed by atoms with Crippen LogP contribution in [-0.2, 0) is 6.54 Å². The standard InChI is InChI=1S/C13H13ClN2S2/c1-8-5-6-18-11(8)7-16-10-4-2-3-9(14)12(10)13(15)17/h2-6,16H,7H2,1H3,(H2,15,17). The molecule has 0 fully saturated rings. The van der Waals surface area contributed by atoms with E-state index in [4.69, 9.17) is 29.6 Å². The summed E-state index contributed by atoms with van der Waals surface area (Å²) in [5.41, 5.74) is 8.58. The Bertz CT molecular complexity index is 578. The zero-order valence-corrected chi connectivity index (χ0v) is 12.3. The molecule has 0 spiro atoms. The lowest BCUT2D eigenvalue weighted by Crippen LogP contribution is -2.13. The minimum atomic E-state index is 0.311. The minimum absolute atomic E-state index is 0.311. The molecule has 0 unspecified atom stereocenters. The number of hydrogen-bond acceptors (Lipinski definition) is 3. The minimum Gasteiger partial charge on any atom is -0.389 e. The molecule has 0 aliphatic heterocycles. The topological polar surface area (TPSA) is 38.0 Å². The summed E-state index contributed by atoms with van der Waals surface area (Å²) in [6, 6.07) is 7.71. The Morgan fingerprint density at radius 2 is 2.22 bits per heavy atom. The predicted molar refractivity (Wildman–Crippen MR) is 83.7 cm³/mol. The van der Waals surface area contributed by atoms with Crippen molar-refractivity contribution in [3.63, 3.8) is 0 Å². The molecule has 3 N–H and O–H groups in total. The first-order valence-electron chi connectivity index (χ1n) is 5.44. The van der Waals surface area contributed by atoms with Crippen molar-refractivity contribution < 1.29 is 0 Å². The first-order chi connectivity index (χ1) is 8.59. The molecule has 0 aliphatic carbocycles. The van der Waals surface area contributed by atoms with Crippen molar-refractivity contribution in [3.05, 3.63) is 50.7 Å². The number of thiophene rings is 1. The van der Waals surface area contributed by atoms with Crippen LogP contribution in [-0.4, -0.2) is 4.99 Å². The van der Waals surface area contributed by atoms with E-state index in [9.17, 15) is 0 Å². The number of nitrogens with one attached hydrogen (secondary N) is 1. The number of hydrogen-bond donors (Lipinski definition) is 2. The summed E-state index contributed by atoms with van der Waals surface area (Å²) in [6.45, 7) is 2.85. The average Bonchev–Trinajstić information content (AvgIpc) is 2.71. The van der Waals surface area contributed by atoms with E-state index in [0.29, 0.717) is 15.6 Å². The summed E-state index contributed by atoms with van der Waals surface area (Å²) < 4.78 is 0. The molecule has 1 aromatic carbocycles. The molecule has 0 aliphatic rings. The highest BCUT2D eigenvalue weighted by atomic mass is 35.5. The van der Waals surface area contributed by atoms with Crippen LogP contribution in [0.1, 0.15) is 16.0 Å². The lowest BCUT2D eigenvalue weighted by molar-refractivity contribution is 1.16. The SMILES string of the molecule is Cc1ccsc1CNc1cccc(Cl)c1C(N)=S. The van der Waals surface area contributed by atoms with Gasteiger partial charge in [-0.05, 0) is 36.1 Å². The maximum atomic E-state index is 6.11. The van der Waals surface area contributed by atoms with Gasteiger partial charge in [-0.25, -0.2) is 0 Å². The summed E-state index contributed by atoms with van der Waals surface area (Å²) in [4.78, 5) is 1.61. The zero-order valence-electron chi connectivity index (χ0n) is 9.87. The third kappa shape index (κ3) is 2.83. The van der Waals surface area contributed by atoms with Gasteiger partial charge in [-0.15, -0.1) is 11.3 Å². The number of nitrogens with two attached hydrogens (primary N) is 1. The Kier molecular flexibility index (Phi) is 4.22. The molecule has 5 heteroatoms. The van der Waals surface area contributed by atoms with Crippen molar-refractivity contribution >= 4 is 45.8 Å². The van der Waals surface area contributed by atoms with E-state index < -0.39 is 0 Å². The zero-order chi connectivity index (χ0) is 13.1. The van der Waals surface area contributed by atoms with Crippen molar-refractivity contribution in [2.24, 2.45) is 5.73 Å². The number of thiocarbonyl (C=S) groups is 1. The third-order valence-corrected chi connectivity index (χ3v) is 4.21. The van der Waals surface area contributed by atoms with Gasteiger partial charge >= 0.3 is 0 Å². The third-order valence-electron chi connectivity index (χ3n) is 2.67. The fourth-order valence-corrected chi connectivity index (χ4v) is 3.08. The lowest BCUT2D eigenvalue weighted by atomic mass is 10.1. The molecule has 0 saturated heterocycles. The fourth-order valence-electron chi connectivity index (χ4n) is 1.68. The van der Waals surface area contributed by atoms with Gasteiger partial charge in [-0.3, -0.25) is 0 Å². The van der Waals surface area contributed by atoms with Crippen LogP contribution in [0.25, 0.3) is 0 Å². The van der Waals surface area contributed by atoms with E-state index in [1.165, 1.54) is 10.4 Å². The van der Waals surface area contributed by atoms with Gasteiger partial charge in [-0.2, -0.15) is 0 Å². The molecule has 0 amide bonds. The van der Waals surface area contributed by atoms with Gasteiger partial charge in [0.2, 0.25) is 0 Å². The van der Waals surface area contributed by atoms with Gasteiger partial charge in [0.05, 0.1) is 10.6 Å². The van der Waals surface area contributed by atoms with E-state index >= 15 is 0 Å². The van der Waals surface area contributed by atoms with Crippen LogP contribution >= 0.6 is 35.2 Å². The molecular weight excluding hydrogens is 284 g/mol.